The summed E-state index contributed by atoms with van der Waals surface area (Å²) in [5, 5.41) is 6.09. The number of carbonyl (C=O) groups is 4. The summed E-state index contributed by atoms with van der Waals surface area (Å²) in [4.78, 5) is 57.2. The third-order valence-corrected chi connectivity index (χ3v) is 7.67. The fourth-order valence-electron chi connectivity index (χ4n) is 5.53. The molecule has 4 amide bonds. The van der Waals surface area contributed by atoms with Crippen molar-refractivity contribution in [3.63, 3.8) is 0 Å². The Morgan fingerprint density at radius 3 is 2.46 bits per heavy atom. The number of carbonyl (C=O) groups excluding carboxylic acids is 4. The van der Waals surface area contributed by atoms with Crippen molar-refractivity contribution in [2.45, 2.75) is 57.9 Å². The molecular weight excluding hydrogens is 492 g/mol. The van der Waals surface area contributed by atoms with Crippen LogP contribution in [0, 0.1) is 5.92 Å². The highest BCUT2D eigenvalue weighted by atomic mass is 16.2. The molecule has 8 heteroatoms. The maximum absolute atomic E-state index is 13.9. The second-order valence-electron chi connectivity index (χ2n) is 11.0. The van der Waals surface area contributed by atoms with Crippen LogP contribution in [0.25, 0.3) is 0 Å². The summed E-state index contributed by atoms with van der Waals surface area (Å²) < 4.78 is 0. The molecule has 1 heterocycles. The van der Waals surface area contributed by atoms with Crippen molar-refractivity contribution >= 4 is 23.6 Å². The topological polar surface area (TPSA) is 98.8 Å². The molecule has 1 aliphatic heterocycles. The van der Waals surface area contributed by atoms with Gasteiger partial charge in [-0.25, -0.2) is 0 Å². The molecule has 2 N–H and O–H groups in total. The van der Waals surface area contributed by atoms with E-state index in [1.54, 1.807) is 21.9 Å². The van der Waals surface area contributed by atoms with Gasteiger partial charge in [0.2, 0.25) is 11.8 Å². The van der Waals surface area contributed by atoms with Crippen LogP contribution in [-0.2, 0) is 26.3 Å². The first-order chi connectivity index (χ1) is 18.8. The number of nitrogens with one attached hydrogen (secondary N) is 2. The van der Waals surface area contributed by atoms with Crippen molar-refractivity contribution in [3.05, 3.63) is 71.3 Å². The van der Waals surface area contributed by atoms with Crippen LogP contribution < -0.4 is 10.6 Å². The molecular formula is C31H40N4O4. The molecule has 1 aliphatic carbocycles. The van der Waals surface area contributed by atoms with Gasteiger partial charge in [0.15, 0.2) is 0 Å². The van der Waals surface area contributed by atoms with E-state index in [0.717, 1.165) is 30.4 Å². The predicted octanol–water partition coefficient (Wildman–Crippen LogP) is 3.26. The minimum absolute atomic E-state index is 0.102. The molecule has 2 aromatic rings. The number of benzene rings is 2. The van der Waals surface area contributed by atoms with Gasteiger partial charge < -0.3 is 20.4 Å². The molecule has 0 bridgehead atoms. The maximum atomic E-state index is 13.9. The van der Waals surface area contributed by atoms with Crippen molar-refractivity contribution in [1.29, 1.82) is 0 Å². The molecule has 2 aromatic carbocycles. The van der Waals surface area contributed by atoms with E-state index in [-0.39, 0.29) is 43.1 Å². The summed E-state index contributed by atoms with van der Waals surface area (Å²) in [5.74, 6) is -0.496. The SMILES string of the molecule is CC(C)CCN1CC(=O)NC2(CCCc3ccccc32)C(=O)NCCN(C(=O)c2ccccc2)CCCC1=O. The summed E-state index contributed by atoms with van der Waals surface area (Å²) in [7, 11) is 0. The van der Waals surface area contributed by atoms with Gasteiger partial charge in [-0.1, -0.05) is 56.3 Å². The van der Waals surface area contributed by atoms with Gasteiger partial charge in [0.25, 0.3) is 11.8 Å². The van der Waals surface area contributed by atoms with Crippen molar-refractivity contribution in [2.75, 3.05) is 32.7 Å². The standard InChI is InChI=1S/C31H40N4O4/c1-23(2)16-20-35-22-27(36)33-31(17-8-13-24-10-6-7-14-26(24)31)30(39)32-18-21-34(19-9-15-28(35)37)29(38)25-11-4-3-5-12-25/h3-7,10-12,14,23H,8-9,13,15-22H2,1-2H3,(H,32,39)(H,33,36). The zero-order valence-electron chi connectivity index (χ0n) is 23.1. The minimum Gasteiger partial charge on any atom is -0.352 e. The lowest BCUT2D eigenvalue weighted by atomic mass is 9.75. The normalized spacial score (nSPS) is 21.3. The van der Waals surface area contributed by atoms with Crippen LogP contribution in [0.3, 0.4) is 0 Å². The van der Waals surface area contributed by atoms with Gasteiger partial charge >= 0.3 is 0 Å². The van der Waals surface area contributed by atoms with Gasteiger partial charge in [-0.05, 0) is 61.3 Å². The van der Waals surface area contributed by atoms with Gasteiger partial charge in [-0.15, -0.1) is 0 Å². The largest absolute Gasteiger partial charge is 0.352 e. The van der Waals surface area contributed by atoms with Crippen LogP contribution >= 0.6 is 0 Å². The number of hydrogen-bond acceptors (Lipinski definition) is 4. The Morgan fingerprint density at radius 2 is 1.69 bits per heavy atom. The monoisotopic (exact) mass is 532 g/mol. The summed E-state index contributed by atoms with van der Waals surface area (Å²) in [6, 6.07) is 16.8. The summed E-state index contributed by atoms with van der Waals surface area (Å²) in [6.45, 7) is 5.46. The Kier molecular flexibility index (Phi) is 9.38. The summed E-state index contributed by atoms with van der Waals surface area (Å²) in [6.07, 6.45) is 3.53. The average Bonchev–Trinajstić information content (AvgIpc) is 2.94. The molecule has 8 nitrogen and oxygen atoms in total. The molecule has 0 radical (unpaired) electrons. The third-order valence-electron chi connectivity index (χ3n) is 7.67. The first-order valence-electron chi connectivity index (χ1n) is 14.1. The molecule has 1 fully saturated rings. The number of hydrogen-bond donors (Lipinski definition) is 2. The van der Waals surface area contributed by atoms with Crippen LogP contribution in [0.15, 0.2) is 54.6 Å². The van der Waals surface area contributed by atoms with Crippen molar-refractivity contribution in [1.82, 2.24) is 20.4 Å². The van der Waals surface area contributed by atoms with Crippen molar-refractivity contribution in [3.8, 4) is 0 Å². The molecule has 1 unspecified atom stereocenters. The lowest BCUT2D eigenvalue weighted by Gasteiger charge is -2.39. The van der Waals surface area contributed by atoms with E-state index < -0.39 is 5.54 Å². The maximum Gasteiger partial charge on any atom is 0.253 e. The highest BCUT2D eigenvalue weighted by Gasteiger charge is 2.44. The third kappa shape index (κ3) is 6.85. The van der Waals surface area contributed by atoms with Crippen molar-refractivity contribution in [2.24, 2.45) is 5.92 Å². The van der Waals surface area contributed by atoms with E-state index >= 15 is 0 Å². The van der Waals surface area contributed by atoms with Crippen molar-refractivity contribution < 1.29 is 19.2 Å². The van der Waals surface area contributed by atoms with Gasteiger partial charge in [-0.2, -0.15) is 0 Å². The van der Waals surface area contributed by atoms with Crippen LogP contribution in [-0.4, -0.2) is 66.2 Å². The van der Waals surface area contributed by atoms with E-state index in [2.05, 4.69) is 24.5 Å². The quantitative estimate of drug-likeness (QED) is 0.632. The molecule has 2 aliphatic rings. The second kappa shape index (κ2) is 12.9. The van der Waals surface area contributed by atoms with Gasteiger partial charge in [0.1, 0.15) is 5.54 Å². The van der Waals surface area contributed by atoms with Crippen LogP contribution in [0.1, 0.15) is 67.4 Å². The van der Waals surface area contributed by atoms with Gasteiger partial charge in [0, 0.05) is 38.2 Å². The molecule has 208 valence electrons. The fraction of sp³-hybridized carbons (Fsp3) is 0.484. The molecule has 0 saturated carbocycles. The first-order valence-corrected chi connectivity index (χ1v) is 14.1. The Hall–Kier alpha value is -3.68. The van der Waals surface area contributed by atoms with E-state index in [1.165, 1.54) is 0 Å². The van der Waals surface area contributed by atoms with Gasteiger partial charge in [-0.3, -0.25) is 19.2 Å². The second-order valence-corrected chi connectivity index (χ2v) is 11.0. The highest BCUT2D eigenvalue weighted by Crippen LogP contribution is 2.36. The number of amides is 4. The number of fused-ring (bicyclic) bond motifs is 2. The van der Waals surface area contributed by atoms with Crippen LogP contribution in [0.5, 0.6) is 0 Å². The molecule has 0 aromatic heterocycles. The number of rotatable bonds is 4. The van der Waals surface area contributed by atoms with Crippen LogP contribution in [0.4, 0.5) is 0 Å². The van der Waals surface area contributed by atoms with Crippen LogP contribution in [0.2, 0.25) is 0 Å². The summed E-state index contributed by atoms with van der Waals surface area (Å²) in [5.41, 5.74) is 1.18. The number of aryl methyl sites for hydroxylation is 1. The minimum atomic E-state index is -1.23. The molecule has 1 saturated heterocycles. The highest BCUT2D eigenvalue weighted by molar-refractivity contribution is 5.95. The predicted molar refractivity (Wildman–Crippen MR) is 150 cm³/mol. The lowest BCUT2D eigenvalue weighted by Crippen LogP contribution is -2.60. The van der Waals surface area contributed by atoms with E-state index in [1.807, 2.05) is 42.5 Å². The molecule has 1 spiro atoms. The zero-order chi connectivity index (χ0) is 27.8. The number of nitrogens with zero attached hydrogens (tertiary/aromatic N) is 2. The molecule has 1 atom stereocenters. The van der Waals surface area contributed by atoms with E-state index in [4.69, 9.17) is 0 Å². The first kappa shape index (κ1) is 28.3. The smallest absolute Gasteiger partial charge is 0.253 e. The van der Waals surface area contributed by atoms with E-state index in [9.17, 15) is 19.2 Å². The van der Waals surface area contributed by atoms with E-state index in [0.29, 0.717) is 44.0 Å². The lowest BCUT2D eigenvalue weighted by molar-refractivity contribution is -0.139. The zero-order valence-corrected chi connectivity index (χ0v) is 23.1. The Morgan fingerprint density at radius 1 is 0.949 bits per heavy atom. The Balaban J connectivity index is 1.64. The summed E-state index contributed by atoms with van der Waals surface area (Å²) >= 11 is 0. The fourth-order valence-corrected chi connectivity index (χ4v) is 5.53. The Bertz CT molecular complexity index is 1180. The average molecular weight is 533 g/mol. The molecule has 4 rings (SSSR count). The molecule has 39 heavy (non-hydrogen) atoms. The Labute approximate surface area is 231 Å². The van der Waals surface area contributed by atoms with Gasteiger partial charge in [0.05, 0.1) is 6.54 Å².